The minimum absolute atomic E-state index is 0.134. The molecule has 2 heteroatoms. The summed E-state index contributed by atoms with van der Waals surface area (Å²) in [7, 11) is 0. The highest BCUT2D eigenvalue weighted by molar-refractivity contribution is 5.27. The van der Waals surface area contributed by atoms with E-state index in [9.17, 15) is 4.39 Å². The Kier molecular flexibility index (Phi) is 5.54. The van der Waals surface area contributed by atoms with E-state index in [1.807, 2.05) is 6.07 Å². The molecule has 1 unspecified atom stereocenters. The molecular formula is C17H28FN. The van der Waals surface area contributed by atoms with Gasteiger partial charge in [0.15, 0.2) is 0 Å². The van der Waals surface area contributed by atoms with Crippen molar-refractivity contribution in [1.82, 2.24) is 5.32 Å². The van der Waals surface area contributed by atoms with Gasteiger partial charge in [0.25, 0.3) is 0 Å². The normalized spacial score (nSPS) is 13.9. The van der Waals surface area contributed by atoms with Gasteiger partial charge in [0.05, 0.1) is 0 Å². The second-order valence-electron chi connectivity index (χ2n) is 6.90. The number of nitrogens with one attached hydrogen (secondary N) is 1. The second-order valence-corrected chi connectivity index (χ2v) is 6.90. The summed E-state index contributed by atoms with van der Waals surface area (Å²) in [5, 5.41) is 3.51. The molecule has 1 N–H and O–H groups in total. The van der Waals surface area contributed by atoms with Crippen LogP contribution < -0.4 is 5.32 Å². The third-order valence-electron chi connectivity index (χ3n) is 3.77. The molecule has 1 nitrogen and oxygen atoms in total. The van der Waals surface area contributed by atoms with Crippen LogP contribution in [0.4, 0.5) is 4.39 Å². The van der Waals surface area contributed by atoms with Crippen molar-refractivity contribution >= 4 is 0 Å². The van der Waals surface area contributed by atoms with Crippen molar-refractivity contribution in [2.24, 2.45) is 11.3 Å². The second kappa shape index (κ2) is 6.51. The third kappa shape index (κ3) is 5.32. The first kappa shape index (κ1) is 16.2. The Morgan fingerprint density at radius 2 is 1.84 bits per heavy atom. The van der Waals surface area contributed by atoms with E-state index >= 15 is 0 Å². The molecule has 0 saturated heterocycles. The van der Waals surface area contributed by atoms with E-state index in [0.717, 1.165) is 18.5 Å². The summed E-state index contributed by atoms with van der Waals surface area (Å²) in [6.45, 7) is 14.1. The monoisotopic (exact) mass is 265 g/mol. The van der Waals surface area contributed by atoms with E-state index in [-0.39, 0.29) is 11.2 Å². The Labute approximate surface area is 117 Å². The van der Waals surface area contributed by atoms with Crippen molar-refractivity contribution in [3.63, 3.8) is 0 Å². The lowest BCUT2D eigenvalue weighted by Crippen LogP contribution is -2.36. The fraction of sp³-hybridized carbons (Fsp3) is 0.647. The number of rotatable bonds is 5. The number of hydrogen-bond acceptors (Lipinski definition) is 1. The topological polar surface area (TPSA) is 12.0 Å². The molecule has 0 saturated carbocycles. The highest BCUT2D eigenvalue weighted by Gasteiger charge is 2.25. The van der Waals surface area contributed by atoms with Gasteiger partial charge in [0.2, 0.25) is 0 Å². The van der Waals surface area contributed by atoms with Crippen LogP contribution >= 0.6 is 0 Å². The summed E-state index contributed by atoms with van der Waals surface area (Å²) in [4.78, 5) is 0. The molecule has 1 aromatic carbocycles. The van der Waals surface area contributed by atoms with Gasteiger partial charge in [-0.2, -0.15) is 0 Å². The van der Waals surface area contributed by atoms with E-state index in [0.29, 0.717) is 12.0 Å². The molecule has 0 heterocycles. The Balaban J connectivity index is 2.85. The fourth-order valence-corrected chi connectivity index (χ4v) is 2.19. The predicted molar refractivity (Wildman–Crippen MR) is 80.9 cm³/mol. The van der Waals surface area contributed by atoms with Crippen LogP contribution in [0.25, 0.3) is 0 Å². The molecule has 1 aromatic rings. The molecule has 0 aromatic heterocycles. The van der Waals surface area contributed by atoms with Crippen LogP contribution in [0.2, 0.25) is 0 Å². The van der Waals surface area contributed by atoms with Gasteiger partial charge in [-0.15, -0.1) is 0 Å². The van der Waals surface area contributed by atoms with Crippen LogP contribution in [0.3, 0.4) is 0 Å². The van der Waals surface area contributed by atoms with Gasteiger partial charge in [-0.3, -0.25) is 0 Å². The van der Waals surface area contributed by atoms with Gasteiger partial charge < -0.3 is 5.32 Å². The maximum Gasteiger partial charge on any atom is 0.123 e. The molecule has 0 bridgehead atoms. The van der Waals surface area contributed by atoms with Gasteiger partial charge in [0, 0.05) is 6.04 Å². The number of benzene rings is 1. The average Bonchev–Trinajstić information content (AvgIpc) is 2.26. The van der Waals surface area contributed by atoms with Gasteiger partial charge in [-0.05, 0) is 54.5 Å². The maximum absolute atomic E-state index is 13.4. The van der Waals surface area contributed by atoms with Crippen LogP contribution in [0.15, 0.2) is 18.2 Å². The summed E-state index contributed by atoms with van der Waals surface area (Å²) >= 11 is 0. The lowest BCUT2D eigenvalue weighted by molar-refractivity contribution is 0.226. The SMILES string of the molecule is Cc1ccc(F)cc1CC(CNC(C)C)C(C)(C)C. The van der Waals surface area contributed by atoms with E-state index in [1.54, 1.807) is 6.07 Å². The molecule has 1 atom stereocenters. The molecule has 0 aliphatic heterocycles. The summed E-state index contributed by atoms with van der Waals surface area (Å²) in [5.41, 5.74) is 2.52. The third-order valence-corrected chi connectivity index (χ3v) is 3.77. The Morgan fingerprint density at radius 3 is 2.37 bits per heavy atom. The molecule has 0 spiro atoms. The van der Waals surface area contributed by atoms with Crippen LogP contribution in [-0.4, -0.2) is 12.6 Å². The average molecular weight is 265 g/mol. The maximum atomic E-state index is 13.4. The van der Waals surface area contributed by atoms with E-state index in [4.69, 9.17) is 0 Å². The standard InChI is InChI=1S/C17H28FN/c1-12(2)19-11-15(17(4,5)6)9-14-10-16(18)8-7-13(14)3/h7-8,10,12,15,19H,9,11H2,1-6H3. The minimum atomic E-state index is -0.134. The molecule has 1 rings (SSSR count). The molecule has 0 aliphatic carbocycles. The highest BCUT2D eigenvalue weighted by Crippen LogP contribution is 2.29. The van der Waals surface area contributed by atoms with Crippen LogP contribution in [0.1, 0.15) is 45.7 Å². The Bertz CT molecular complexity index is 404. The lowest BCUT2D eigenvalue weighted by atomic mass is 9.76. The van der Waals surface area contributed by atoms with Crippen molar-refractivity contribution in [1.29, 1.82) is 0 Å². The molecule has 19 heavy (non-hydrogen) atoms. The molecule has 0 radical (unpaired) electrons. The van der Waals surface area contributed by atoms with Crippen molar-refractivity contribution in [3.8, 4) is 0 Å². The van der Waals surface area contributed by atoms with Crippen LogP contribution in [0.5, 0.6) is 0 Å². The predicted octanol–water partition coefficient (Wildman–Crippen LogP) is 4.34. The minimum Gasteiger partial charge on any atom is -0.314 e. The zero-order valence-electron chi connectivity index (χ0n) is 13.2. The fourth-order valence-electron chi connectivity index (χ4n) is 2.19. The summed E-state index contributed by atoms with van der Waals surface area (Å²) in [5.74, 6) is 0.362. The van der Waals surface area contributed by atoms with Gasteiger partial charge in [-0.1, -0.05) is 40.7 Å². The summed E-state index contributed by atoms with van der Waals surface area (Å²) in [6, 6.07) is 5.58. The van der Waals surface area contributed by atoms with Crippen molar-refractivity contribution < 1.29 is 4.39 Å². The van der Waals surface area contributed by atoms with Crippen LogP contribution in [-0.2, 0) is 6.42 Å². The van der Waals surface area contributed by atoms with Crippen LogP contribution in [0, 0.1) is 24.1 Å². The van der Waals surface area contributed by atoms with Crippen molar-refractivity contribution in [3.05, 3.63) is 35.1 Å². The zero-order valence-corrected chi connectivity index (χ0v) is 13.2. The Hall–Kier alpha value is -0.890. The first-order chi connectivity index (χ1) is 8.70. The lowest BCUT2D eigenvalue weighted by Gasteiger charge is -2.32. The Morgan fingerprint density at radius 1 is 1.21 bits per heavy atom. The van der Waals surface area contributed by atoms with Gasteiger partial charge >= 0.3 is 0 Å². The molecule has 0 aliphatic rings. The van der Waals surface area contributed by atoms with E-state index < -0.39 is 0 Å². The number of hydrogen-bond donors (Lipinski definition) is 1. The summed E-state index contributed by atoms with van der Waals surface area (Å²) in [6.07, 6.45) is 0.923. The van der Waals surface area contributed by atoms with Gasteiger partial charge in [0.1, 0.15) is 5.82 Å². The number of halogens is 1. The van der Waals surface area contributed by atoms with E-state index in [2.05, 4.69) is 46.9 Å². The first-order valence-electron chi connectivity index (χ1n) is 7.18. The highest BCUT2D eigenvalue weighted by atomic mass is 19.1. The van der Waals surface area contributed by atoms with Crippen molar-refractivity contribution in [2.45, 2.75) is 54.0 Å². The number of aryl methyl sites for hydroxylation is 1. The largest absolute Gasteiger partial charge is 0.314 e. The molecular weight excluding hydrogens is 237 g/mol. The molecule has 0 amide bonds. The molecule has 108 valence electrons. The smallest absolute Gasteiger partial charge is 0.123 e. The van der Waals surface area contributed by atoms with Gasteiger partial charge in [-0.25, -0.2) is 4.39 Å². The molecule has 0 fully saturated rings. The van der Waals surface area contributed by atoms with E-state index in [1.165, 1.54) is 11.6 Å². The summed E-state index contributed by atoms with van der Waals surface area (Å²) < 4.78 is 13.4. The zero-order chi connectivity index (χ0) is 14.6. The van der Waals surface area contributed by atoms with Crippen molar-refractivity contribution in [2.75, 3.05) is 6.54 Å². The quantitative estimate of drug-likeness (QED) is 0.835. The first-order valence-corrected chi connectivity index (χ1v) is 7.18.